The van der Waals surface area contributed by atoms with Gasteiger partial charge < -0.3 is 15.7 Å². The summed E-state index contributed by atoms with van der Waals surface area (Å²) in [4.78, 5) is 36.1. The first-order valence-corrected chi connectivity index (χ1v) is 8.66. The highest BCUT2D eigenvalue weighted by Crippen LogP contribution is 2.48. The molecule has 25 heavy (non-hydrogen) atoms. The number of carboxylic acid groups (broad SMARTS) is 1. The van der Waals surface area contributed by atoms with Crippen molar-refractivity contribution in [1.29, 1.82) is 0 Å². The fraction of sp³-hybridized carbons (Fsp3) is 0.421. The predicted octanol–water partition coefficient (Wildman–Crippen LogP) is 2.50. The number of carboxylic acids is 1. The molecular formula is C19H20N2O4. The number of nitrogens with one attached hydrogen (secondary N) is 2. The van der Waals surface area contributed by atoms with Crippen molar-refractivity contribution in [2.45, 2.75) is 19.3 Å². The van der Waals surface area contributed by atoms with E-state index in [9.17, 15) is 19.5 Å². The molecule has 3 N–H and O–H groups in total. The maximum Gasteiger partial charge on any atom is 0.307 e. The molecule has 0 unspecified atom stereocenters. The molecule has 0 aliphatic heterocycles. The quantitative estimate of drug-likeness (QED) is 0.718. The molecule has 4 atom stereocenters. The normalized spacial score (nSPS) is 29.4. The van der Waals surface area contributed by atoms with E-state index in [0.717, 1.165) is 19.3 Å². The summed E-state index contributed by atoms with van der Waals surface area (Å²) in [5.74, 6) is -2.34. The Morgan fingerprint density at radius 1 is 0.920 bits per heavy atom. The number of fused-ring (bicyclic) bond motifs is 2. The van der Waals surface area contributed by atoms with Crippen LogP contribution >= 0.6 is 0 Å². The predicted molar refractivity (Wildman–Crippen MR) is 91.8 cm³/mol. The summed E-state index contributed by atoms with van der Waals surface area (Å²) in [6, 6.07) is 6.98. The van der Waals surface area contributed by atoms with Gasteiger partial charge in [-0.15, -0.1) is 0 Å². The van der Waals surface area contributed by atoms with Crippen LogP contribution in [0.5, 0.6) is 0 Å². The SMILES string of the molecule is O=C(Nc1cccc(NC(=O)[C@@H]2[C@@H](C(=O)O)[C@H]3C=C[C@H]2C3)c1)C1CC1. The van der Waals surface area contributed by atoms with Crippen molar-refractivity contribution in [3.8, 4) is 0 Å². The smallest absolute Gasteiger partial charge is 0.307 e. The molecule has 130 valence electrons. The minimum atomic E-state index is -0.914. The highest BCUT2D eigenvalue weighted by atomic mass is 16.4. The van der Waals surface area contributed by atoms with E-state index in [1.54, 1.807) is 24.3 Å². The van der Waals surface area contributed by atoms with E-state index in [1.807, 2.05) is 12.2 Å². The minimum absolute atomic E-state index is 0.00709. The largest absolute Gasteiger partial charge is 0.481 e. The van der Waals surface area contributed by atoms with Gasteiger partial charge >= 0.3 is 5.97 Å². The molecule has 0 radical (unpaired) electrons. The number of carbonyl (C=O) groups is 3. The molecule has 2 amide bonds. The average molecular weight is 340 g/mol. The van der Waals surface area contributed by atoms with Gasteiger partial charge in [0.25, 0.3) is 0 Å². The number of anilines is 2. The molecule has 1 aromatic rings. The van der Waals surface area contributed by atoms with Crippen LogP contribution in [-0.2, 0) is 14.4 Å². The fourth-order valence-electron chi connectivity index (χ4n) is 4.01. The van der Waals surface area contributed by atoms with Crippen LogP contribution in [0.1, 0.15) is 19.3 Å². The molecular weight excluding hydrogens is 320 g/mol. The van der Waals surface area contributed by atoms with E-state index >= 15 is 0 Å². The molecule has 2 fully saturated rings. The van der Waals surface area contributed by atoms with Crippen molar-refractivity contribution in [1.82, 2.24) is 0 Å². The van der Waals surface area contributed by atoms with Gasteiger partial charge in [-0.2, -0.15) is 0 Å². The summed E-state index contributed by atoms with van der Waals surface area (Å²) >= 11 is 0. The fourth-order valence-corrected chi connectivity index (χ4v) is 4.01. The lowest BCUT2D eigenvalue weighted by Gasteiger charge is -2.24. The Hall–Kier alpha value is -2.63. The zero-order chi connectivity index (χ0) is 17.6. The highest BCUT2D eigenvalue weighted by Gasteiger charge is 2.51. The molecule has 4 rings (SSSR count). The number of carbonyl (C=O) groups excluding carboxylic acids is 2. The lowest BCUT2D eigenvalue weighted by Crippen LogP contribution is -2.36. The molecule has 1 aromatic carbocycles. The Bertz CT molecular complexity index is 768. The van der Waals surface area contributed by atoms with Crippen LogP contribution in [0.3, 0.4) is 0 Å². The van der Waals surface area contributed by atoms with Gasteiger partial charge in [-0.05, 0) is 49.3 Å². The van der Waals surface area contributed by atoms with Gasteiger partial charge in [0, 0.05) is 17.3 Å². The van der Waals surface area contributed by atoms with Crippen LogP contribution in [0.4, 0.5) is 11.4 Å². The van der Waals surface area contributed by atoms with Crippen LogP contribution in [-0.4, -0.2) is 22.9 Å². The van der Waals surface area contributed by atoms with Crippen LogP contribution in [0.15, 0.2) is 36.4 Å². The monoisotopic (exact) mass is 340 g/mol. The van der Waals surface area contributed by atoms with Gasteiger partial charge in [-0.3, -0.25) is 14.4 Å². The third-order valence-corrected chi connectivity index (χ3v) is 5.39. The summed E-state index contributed by atoms with van der Waals surface area (Å²) < 4.78 is 0. The number of benzene rings is 1. The summed E-state index contributed by atoms with van der Waals surface area (Å²) in [6.45, 7) is 0. The lowest BCUT2D eigenvalue weighted by atomic mass is 9.82. The molecule has 0 heterocycles. The van der Waals surface area contributed by atoms with E-state index in [1.165, 1.54) is 0 Å². The molecule has 2 saturated carbocycles. The van der Waals surface area contributed by atoms with Gasteiger partial charge in [-0.1, -0.05) is 18.2 Å². The van der Waals surface area contributed by atoms with Crippen molar-refractivity contribution in [2.75, 3.05) is 10.6 Å². The van der Waals surface area contributed by atoms with Crippen molar-refractivity contribution >= 4 is 29.2 Å². The molecule has 3 aliphatic carbocycles. The number of hydrogen-bond acceptors (Lipinski definition) is 3. The number of amides is 2. The molecule has 0 aromatic heterocycles. The van der Waals surface area contributed by atoms with E-state index in [2.05, 4.69) is 10.6 Å². The molecule has 6 nitrogen and oxygen atoms in total. The van der Waals surface area contributed by atoms with Crippen LogP contribution < -0.4 is 10.6 Å². The number of hydrogen-bond donors (Lipinski definition) is 3. The van der Waals surface area contributed by atoms with Gasteiger partial charge in [0.2, 0.25) is 11.8 Å². The molecule has 2 bridgehead atoms. The Balaban J connectivity index is 1.46. The first kappa shape index (κ1) is 15.9. The standard InChI is InChI=1S/C19H20N2O4/c22-17(10-4-5-10)20-13-2-1-3-14(9-13)21-18(23)15-11-6-7-12(8-11)16(15)19(24)25/h1-3,6-7,9-12,15-16H,4-5,8H2,(H,20,22)(H,21,23)(H,24,25)/t11-,12-,15-,16-/m0/s1. The first-order valence-electron chi connectivity index (χ1n) is 8.66. The topological polar surface area (TPSA) is 95.5 Å². The van der Waals surface area contributed by atoms with E-state index < -0.39 is 17.8 Å². The van der Waals surface area contributed by atoms with Gasteiger partial charge in [0.05, 0.1) is 11.8 Å². The summed E-state index contributed by atoms with van der Waals surface area (Å²) in [6.07, 6.45) is 6.46. The van der Waals surface area contributed by atoms with E-state index in [0.29, 0.717) is 11.4 Å². The van der Waals surface area contributed by atoms with Gasteiger partial charge in [0.1, 0.15) is 0 Å². The first-order chi connectivity index (χ1) is 12.0. The lowest BCUT2D eigenvalue weighted by molar-refractivity contribution is -0.146. The zero-order valence-corrected chi connectivity index (χ0v) is 13.6. The maximum absolute atomic E-state index is 12.7. The second kappa shape index (κ2) is 6.02. The molecule has 6 heteroatoms. The van der Waals surface area contributed by atoms with Crippen molar-refractivity contribution in [3.63, 3.8) is 0 Å². The molecule has 0 spiro atoms. The number of allylic oxidation sites excluding steroid dienone is 2. The van der Waals surface area contributed by atoms with Crippen molar-refractivity contribution < 1.29 is 19.5 Å². The van der Waals surface area contributed by atoms with Crippen molar-refractivity contribution in [3.05, 3.63) is 36.4 Å². The maximum atomic E-state index is 12.7. The Labute approximate surface area is 145 Å². The van der Waals surface area contributed by atoms with Crippen molar-refractivity contribution in [2.24, 2.45) is 29.6 Å². The summed E-state index contributed by atoms with van der Waals surface area (Å²) in [5.41, 5.74) is 1.20. The Morgan fingerprint density at radius 3 is 2.12 bits per heavy atom. The van der Waals surface area contributed by atoms with Crippen LogP contribution in [0, 0.1) is 29.6 Å². The summed E-state index contributed by atoms with van der Waals surface area (Å²) in [7, 11) is 0. The number of rotatable bonds is 5. The zero-order valence-electron chi connectivity index (χ0n) is 13.6. The average Bonchev–Trinajstić information content (AvgIpc) is 3.23. The molecule has 0 saturated heterocycles. The van der Waals surface area contributed by atoms with E-state index in [-0.39, 0.29) is 29.6 Å². The Kier molecular flexibility index (Phi) is 3.82. The second-order valence-electron chi connectivity index (χ2n) is 7.17. The molecule has 3 aliphatic rings. The van der Waals surface area contributed by atoms with Gasteiger partial charge in [-0.25, -0.2) is 0 Å². The highest BCUT2D eigenvalue weighted by molar-refractivity contribution is 5.98. The number of aliphatic carboxylic acids is 1. The van der Waals surface area contributed by atoms with E-state index in [4.69, 9.17) is 0 Å². The minimum Gasteiger partial charge on any atom is -0.481 e. The van der Waals surface area contributed by atoms with Crippen LogP contribution in [0.25, 0.3) is 0 Å². The Morgan fingerprint density at radius 2 is 1.52 bits per heavy atom. The third-order valence-electron chi connectivity index (χ3n) is 5.39. The third kappa shape index (κ3) is 3.04. The van der Waals surface area contributed by atoms with Crippen LogP contribution in [0.2, 0.25) is 0 Å². The second-order valence-corrected chi connectivity index (χ2v) is 7.17. The summed E-state index contributed by atoms with van der Waals surface area (Å²) in [5, 5.41) is 15.1. The van der Waals surface area contributed by atoms with Gasteiger partial charge in [0.15, 0.2) is 0 Å².